The fourth-order valence-electron chi connectivity index (χ4n) is 7.39. The highest BCUT2D eigenvalue weighted by atomic mass is 16.8. The van der Waals surface area contributed by atoms with E-state index in [-0.39, 0.29) is 32.5 Å². The number of carbonyl (C=O) groups is 1. The van der Waals surface area contributed by atoms with E-state index < -0.39 is 142 Å². The van der Waals surface area contributed by atoms with Crippen molar-refractivity contribution in [3.63, 3.8) is 0 Å². The Kier molecular flexibility index (Phi) is 18.8. The largest absolute Gasteiger partial charge is 0.394 e. The van der Waals surface area contributed by atoms with Crippen molar-refractivity contribution in [2.24, 2.45) is 34.4 Å². The topological polar surface area (TPSA) is 412 Å². The maximum absolute atomic E-state index is 13.1. The molecule has 328 valence electrons. The summed E-state index contributed by atoms with van der Waals surface area (Å²) in [6.45, 7) is -0.923. The Hall–Kier alpha value is -1.37. The summed E-state index contributed by atoms with van der Waals surface area (Å²) in [5.41, 5.74) is 35.9. The molecule has 0 unspecified atom stereocenters. The Morgan fingerprint density at radius 1 is 0.661 bits per heavy atom. The van der Waals surface area contributed by atoms with Crippen molar-refractivity contribution >= 4 is 5.91 Å². The van der Waals surface area contributed by atoms with Crippen LogP contribution >= 0.6 is 0 Å². The van der Waals surface area contributed by atoms with Gasteiger partial charge in [0, 0.05) is 19.2 Å². The molecule has 3 heterocycles. The van der Waals surface area contributed by atoms with Crippen LogP contribution in [0.4, 0.5) is 0 Å². The SMILES string of the molecule is NCCCCCCO[C@@H]1[C@@H](O[C@@H]2O[C@H](CO)[C@@H](O[C@H]3O[C@@H](CN)[C@@H](O)[C@H](O)[C@H]3N)[C@H]2O)[C@H](O[C@H]2O[C@H](CO)[C@@H](O)[C@H](O)[C@H]2N)[C@@H](N)C[C@H]1NC(=O)[C@@H](O)CCN. The zero-order valence-corrected chi connectivity index (χ0v) is 31.3. The monoisotopic (exact) mass is 815 g/mol. The van der Waals surface area contributed by atoms with Crippen LogP contribution in [0, 0.1) is 0 Å². The van der Waals surface area contributed by atoms with Crippen molar-refractivity contribution in [3.8, 4) is 0 Å². The average Bonchev–Trinajstić information content (AvgIpc) is 3.48. The molecule has 21 N–H and O–H groups in total. The van der Waals surface area contributed by atoms with Gasteiger partial charge in [-0.15, -0.1) is 0 Å². The van der Waals surface area contributed by atoms with Crippen LogP contribution in [0.5, 0.6) is 0 Å². The number of aliphatic hydroxyl groups is 8. The summed E-state index contributed by atoms with van der Waals surface area (Å²) in [6.07, 6.45) is -19.6. The maximum Gasteiger partial charge on any atom is 0.249 e. The number of amides is 1. The first-order valence-electron chi connectivity index (χ1n) is 19.2. The lowest BCUT2D eigenvalue weighted by Gasteiger charge is -2.49. The minimum Gasteiger partial charge on any atom is -0.394 e. The summed E-state index contributed by atoms with van der Waals surface area (Å²) in [7, 11) is 0. The summed E-state index contributed by atoms with van der Waals surface area (Å²) in [6, 6.07) is -4.61. The zero-order valence-electron chi connectivity index (χ0n) is 31.3. The predicted octanol–water partition coefficient (Wildman–Crippen LogP) is -8.45. The van der Waals surface area contributed by atoms with Crippen LogP contribution in [-0.4, -0.2) is 209 Å². The molecule has 3 saturated heterocycles. The molecule has 1 amide bonds. The fraction of sp³-hybridized carbons (Fsp3) is 0.970. The number of hydrogen-bond acceptors (Lipinski definition) is 22. The number of unbranched alkanes of at least 4 members (excludes halogenated alkanes) is 3. The number of nitrogens with one attached hydrogen (secondary N) is 1. The molecule has 3 aliphatic heterocycles. The first-order valence-corrected chi connectivity index (χ1v) is 19.2. The van der Waals surface area contributed by atoms with Gasteiger partial charge in [-0.2, -0.15) is 0 Å². The van der Waals surface area contributed by atoms with Crippen LogP contribution in [0.3, 0.4) is 0 Å². The van der Waals surface area contributed by atoms with Crippen molar-refractivity contribution < 1.29 is 78.8 Å². The van der Waals surface area contributed by atoms with Crippen molar-refractivity contribution in [1.82, 2.24) is 5.32 Å². The highest BCUT2D eigenvalue weighted by molar-refractivity contribution is 5.80. The molecule has 0 bridgehead atoms. The van der Waals surface area contributed by atoms with Gasteiger partial charge in [-0.3, -0.25) is 4.79 Å². The normalized spacial score (nSPS) is 43.8. The minimum atomic E-state index is -1.69. The van der Waals surface area contributed by atoms with Gasteiger partial charge in [0.05, 0.1) is 31.3 Å². The molecule has 4 aliphatic rings. The van der Waals surface area contributed by atoms with Gasteiger partial charge in [0.1, 0.15) is 79.4 Å². The third-order valence-corrected chi connectivity index (χ3v) is 10.7. The number of carbonyl (C=O) groups excluding carboxylic acids is 1. The van der Waals surface area contributed by atoms with Crippen molar-refractivity contribution in [2.75, 3.05) is 39.5 Å². The van der Waals surface area contributed by atoms with Crippen LogP contribution < -0.4 is 39.7 Å². The average molecular weight is 816 g/mol. The van der Waals surface area contributed by atoms with E-state index in [0.29, 0.717) is 13.0 Å². The molecule has 0 aromatic carbocycles. The molecule has 23 nitrogen and oxygen atoms in total. The van der Waals surface area contributed by atoms with Crippen LogP contribution in [0.1, 0.15) is 38.5 Å². The van der Waals surface area contributed by atoms with E-state index in [1.54, 1.807) is 0 Å². The maximum atomic E-state index is 13.1. The molecule has 23 heteroatoms. The van der Waals surface area contributed by atoms with Crippen LogP contribution in [0.2, 0.25) is 0 Å². The van der Waals surface area contributed by atoms with Gasteiger partial charge in [-0.05, 0) is 38.8 Å². The minimum absolute atomic E-state index is 0.0213. The number of aliphatic hydroxyl groups excluding tert-OH is 8. The van der Waals surface area contributed by atoms with Gasteiger partial charge in [0.25, 0.3) is 0 Å². The second-order valence-electron chi connectivity index (χ2n) is 14.8. The molecule has 4 fully saturated rings. The molecule has 0 radical (unpaired) electrons. The molecule has 4 rings (SSSR count). The summed E-state index contributed by atoms with van der Waals surface area (Å²) < 4.78 is 42.4. The van der Waals surface area contributed by atoms with Crippen molar-refractivity contribution in [3.05, 3.63) is 0 Å². The molecule has 56 heavy (non-hydrogen) atoms. The van der Waals surface area contributed by atoms with Gasteiger partial charge in [0.2, 0.25) is 5.91 Å². The first-order chi connectivity index (χ1) is 26.7. The van der Waals surface area contributed by atoms with E-state index >= 15 is 0 Å². The van der Waals surface area contributed by atoms with Gasteiger partial charge in [-0.1, -0.05) is 12.8 Å². The van der Waals surface area contributed by atoms with E-state index in [1.165, 1.54) is 0 Å². The van der Waals surface area contributed by atoms with Gasteiger partial charge >= 0.3 is 0 Å². The number of rotatable bonds is 20. The van der Waals surface area contributed by atoms with Crippen LogP contribution in [0.25, 0.3) is 0 Å². The molecule has 0 spiro atoms. The second kappa shape index (κ2) is 22.3. The summed E-state index contributed by atoms with van der Waals surface area (Å²) in [5.74, 6) is -0.763. The van der Waals surface area contributed by atoms with E-state index in [9.17, 15) is 45.6 Å². The standard InChI is InChI=1S/C33H65N7O16/c34-6-3-1-2-4-8-50-27-14(40-30(49)15(43)5-7-35)9-13(37)26(54-32-20(39)24(47)22(45)17(11-41)52-32)29(27)56-33-25(48)28(18(12-42)53-33)55-31-19(38)23(46)21(44)16(10-36)51-31/h13-29,31-33,41-48H,1-12,34-39H2,(H,40,49)/t13-,14+,15-,16-,17+,18+,19+,20+,21+,22+,23+,24+,25+,26+,27-,28+,29-,31+,32+,33-/m0/s1. The van der Waals surface area contributed by atoms with Crippen molar-refractivity contribution in [2.45, 2.75) is 161 Å². The molecular weight excluding hydrogens is 750 g/mol. The van der Waals surface area contributed by atoms with Gasteiger partial charge in [0.15, 0.2) is 18.9 Å². The summed E-state index contributed by atoms with van der Waals surface area (Å²) in [5, 5.41) is 86.8. The molecule has 0 aromatic rings. The molecular formula is C33H65N7O16. The predicted molar refractivity (Wildman–Crippen MR) is 191 cm³/mol. The van der Waals surface area contributed by atoms with Gasteiger partial charge in [-0.25, -0.2) is 0 Å². The third kappa shape index (κ3) is 11.3. The second-order valence-corrected chi connectivity index (χ2v) is 14.8. The molecule has 1 aliphatic carbocycles. The number of hydrogen-bond donors (Lipinski definition) is 15. The zero-order chi connectivity index (χ0) is 41.3. The molecule has 0 aromatic heterocycles. The smallest absolute Gasteiger partial charge is 0.249 e. The molecule has 20 atom stereocenters. The Balaban J connectivity index is 1.66. The summed E-state index contributed by atoms with van der Waals surface area (Å²) >= 11 is 0. The molecule has 1 saturated carbocycles. The Morgan fingerprint density at radius 3 is 1.80 bits per heavy atom. The Labute approximate surface area is 324 Å². The lowest BCUT2D eigenvalue weighted by atomic mass is 9.83. The van der Waals surface area contributed by atoms with Crippen LogP contribution in [0.15, 0.2) is 0 Å². The lowest BCUT2D eigenvalue weighted by Crippen LogP contribution is -2.69. The van der Waals surface area contributed by atoms with Crippen molar-refractivity contribution in [1.29, 1.82) is 0 Å². The lowest BCUT2D eigenvalue weighted by molar-refractivity contribution is -0.313. The number of nitrogens with two attached hydrogens (primary N) is 6. The fourth-order valence-corrected chi connectivity index (χ4v) is 7.39. The first kappa shape index (κ1) is 47.3. The van der Waals surface area contributed by atoms with E-state index in [2.05, 4.69) is 5.32 Å². The number of ether oxygens (including phenoxy) is 7. The van der Waals surface area contributed by atoms with Crippen LogP contribution in [-0.2, 0) is 38.0 Å². The third-order valence-electron chi connectivity index (χ3n) is 10.7. The summed E-state index contributed by atoms with van der Waals surface area (Å²) in [4.78, 5) is 13.1. The van der Waals surface area contributed by atoms with E-state index in [1.807, 2.05) is 0 Å². The van der Waals surface area contributed by atoms with Gasteiger partial charge < -0.3 is 114 Å². The quantitative estimate of drug-likeness (QED) is 0.0507. The van der Waals surface area contributed by atoms with E-state index in [4.69, 9.17) is 67.6 Å². The Morgan fingerprint density at radius 2 is 1.21 bits per heavy atom. The highest BCUT2D eigenvalue weighted by Gasteiger charge is 2.55. The highest BCUT2D eigenvalue weighted by Crippen LogP contribution is 2.36. The Bertz CT molecular complexity index is 1170. The van der Waals surface area contributed by atoms with E-state index in [0.717, 1.165) is 19.3 Å².